The van der Waals surface area contributed by atoms with Crippen LogP contribution in [0.5, 0.6) is 0 Å². The van der Waals surface area contributed by atoms with Gasteiger partial charge >= 0.3 is 5.69 Å². The Morgan fingerprint density at radius 1 is 1.00 bits per heavy atom. The first-order valence-electron chi connectivity index (χ1n) is 8.21. The topological polar surface area (TPSA) is 39.3 Å². The maximum absolute atomic E-state index is 12.5. The molecule has 0 bridgehead atoms. The van der Waals surface area contributed by atoms with E-state index in [0.717, 1.165) is 30.3 Å². The molecule has 2 aromatic rings. The van der Waals surface area contributed by atoms with E-state index in [-0.39, 0.29) is 11.7 Å². The summed E-state index contributed by atoms with van der Waals surface area (Å²) in [5.41, 5.74) is 0.763. The van der Waals surface area contributed by atoms with Crippen LogP contribution in [0.25, 0.3) is 5.65 Å². The molecule has 0 saturated heterocycles. The van der Waals surface area contributed by atoms with Crippen molar-refractivity contribution in [3.8, 4) is 0 Å². The Labute approximate surface area is 125 Å². The van der Waals surface area contributed by atoms with Crippen molar-refractivity contribution in [2.24, 2.45) is 11.8 Å². The van der Waals surface area contributed by atoms with Gasteiger partial charge in [0, 0.05) is 6.20 Å². The molecule has 4 heteroatoms. The summed E-state index contributed by atoms with van der Waals surface area (Å²) in [7, 11) is 0. The fourth-order valence-electron chi connectivity index (χ4n) is 3.38. The molecular weight excluding hydrogens is 262 g/mol. The number of rotatable bonds is 1. The Hall–Kier alpha value is -1.58. The lowest BCUT2D eigenvalue weighted by Crippen LogP contribution is -2.26. The largest absolute Gasteiger partial charge is 0.350 e. The number of aromatic nitrogens is 3. The van der Waals surface area contributed by atoms with E-state index in [2.05, 4.69) is 18.9 Å². The van der Waals surface area contributed by atoms with Crippen molar-refractivity contribution in [1.29, 1.82) is 0 Å². The molecule has 1 aliphatic carbocycles. The van der Waals surface area contributed by atoms with E-state index < -0.39 is 0 Å². The van der Waals surface area contributed by atoms with Crippen molar-refractivity contribution >= 4 is 5.65 Å². The maximum atomic E-state index is 12.5. The number of hydrogen-bond acceptors (Lipinski definition) is 2. The number of fused-ring (bicyclic) bond motifs is 1. The lowest BCUT2D eigenvalue weighted by molar-refractivity contribution is 0.347. The number of hydrogen-bond donors (Lipinski definition) is 0. The molecule has 0 spiro atoms. The van der Waals surface area contributed by atoms with Crippen molar-refractivity contribution < 1.29 is 0 Å². The second-order valence-corrected chi connectivity index (χ2v) is 6.75. The van der Waals surface area contributed by atoms with Gasteiger partial charge in [0.2, 0.25) is 0 Å². The second-order valence-electron chi connectivity index (χ2n) is 6.75. The first-order valence-corrected chi connectivity index (χ1v) is 8.21. The number of pyridine rings is 1. The highest BCUT2D eigenvalue weighted by atomic mass is 16.2. The molecule has 1 fully saturated rings. The molecule has 2 unspecified atom stereocenters. The van der Waals surface area contributed by atoms with Gasteiger partial charge in [-0.05, 0) is 49.7 Å². The van der Waals surface area contributed by atoms with Gasteiger partial charge in [-0.15, -0.1) is 5.10 Å². The van der Waals surface area contributed by atoms with E-state index in [4.69, 9.17) is 0 Å². The normalized spacial score (nSPS) is 28.0. The average molecular weight is 287 g/mol. The van der Waals surface area contributed by atoms with E-state index in [1.165, 1.54) is 25.7 Å². The molecule has 1 aliphatic rings. The van der Waals surface area contributed by atoms with Crippen LogP contribution in [0.3, 0.4) is 0 Å². The Morgan fingerprint density at radius 3 is 2.24 bits per heavy atom. The molecule has 21 heavy (non-hydrogen) atoms. The highest BCUT2D eigenvalue weighted by Gasteiger charge is 2.21. The minimum Gasteiger partial charge on any atom is -0.250 e. The summed E-state index contributed by atoms with van der Waals surface area (Å²) in [6, 6.07) is 5.96. The predicted octanol–water partition coefficient (Wildman–Crippen LogP) is 3.66. The van der Waals surface area contributed by atoms with Gasteiger partial charge in [-0.2, -0.15) is 0 Å². The van der Waals surface area contributed by atoms with Gasteiger partial charge in [0.15, 0.2) is 5.65 Å². The first kappa shape index (κ1) is 14.4. The van der Waals surface area contributed by atoms with Crippen LogP contribution in [-0.4, -0.2) is 14.2 Å². The zero-order valence-electron chi connectivity index (χ0n) is 13.0. The summed E-state index contributed by atoms with van der Waals surface area (Å²) in [5.74, 6) is 1.50. The van der Waals surface area contributed by atoms with Gasteiger partial charge in [0.05, 0.1) is 6.04 Å². The minimum absolute atomic E-state index is 0.00940. The zero-order chi connectivity index (χ0) is 14.8. The molecule has 3 rings (SSSR count). The summed E-state index contributed by atoms with van der Waals surface area (Å²) in [6.45, 7) is 4.67. The van der Waals surface area contributed by atoms with E-state index in [1.54, 1.807) is 9.08 Å². The van der Waals surface area contributed by atoms with Gasteiger partial charge in [0.25, 0.3) is 0 Å². The minimum atomic E-state index is 0.00940. The zero-order valence-corrected chi connectivity index (χ0v) is 13.0. The van der Waals surface area contributed by atoms with Crippen LogP contribution in [0.1, 0.15) is 58.4 Å². The molecule has 0 radical (unpaired) electrons. The van der Waals surface area contributed by atoms with Crippen LogP contribution in [-0.2, 0) is 0 Å². The van der Waals surface area contributed by atoms with Crippen LogP contribution in [0.2, 0.25) is 0 Å². The fourth-order valence-corrected chi connectivity index (χ4v) is 3.38. The molecule has 4 nitrogen and oxygen atoms in total. The third-order valence-corrected chi connectivity index (χ3v) is 4.93. The Balaban J connectivity index is 1.91. The third-order valence-electron chi connectivity index (χ3n) is 4.93. The average Bonchev–Trinajstić information content (AvgIpc) is 2.85. The van der Waals surface area contributed by atoms with Crippen molar-refractivity contribution in [2.75, 3.05) is 0 Å². The van der Waals surface area contributed by atoms with Crippen molar-refractivity contribution in [3.63, 3.8) is 0 Å². The lowest BCUT2D eigenvalue weighted by atomic mass is 9.95. The highest BCUT2D eigenvalue weighted by molar-refractivity contribution is 5.35. The van der Waals surface area contributed by atoms with Crippen LogP contribution in [0.4, 0.5) is 0 Å². The molecule has 2 atom stereocenters. The summed E-state index contributed by atoms with van der Waals surface area (Å²) in [5, 5.41) is 4.56. The second kappa shape index (κ2) is 6.04. The molecule has 0 aliphatic heterocycles. The number of nitrogens with zero attached hydrogens (tertiary/aromatic N) is 3. The molecule has 0 amide bonds. The predicted molar refractivity (Wildman–Crippen MR) is 84.5 cm³/mol. The van der Waals surface area contributed by atoms with Gasteiger partial charge in [-0.25, -0.2) is 9.48 Å². The van der Waals surface area contributed by atoms with Crippen molar-refractivity contribution in [2.45, 2.75) is 58.4 Å². The van der Waals surface area contributed by atoms with Gasteiger partial charge in [0.1, 0.15) is 0 Å². The monoisotopic (exact) mass is 287 g/mol. The molecule has 0 aromatic carbocycles. The van der Waals surface area contributed by atoms with Crippen LogP contribution in [0, 0.1) is 11.8 Å². The van der Waals surface area contributed by atoms with E-state index >= 15 is 0 Å². The summed E-state index contributed by atoms with van der Waals surface area (Å²) in [4.78, 5) is 12.5. The first-order chi connectivity index (χ1) is 10.1. The molecular formula is C17H25N3O. The highest BCUT2D eigenvalue weighted by Crippen LogP contribution is 2.29. The fraction of sp³-hybridized carbons (Fsp3) is 0.647. The summed E-state index contributed by atoms with van der Waals surface area (Å²) in [6.07, 6.45) is 8.95. The smallest absolute Gasteiger partial charge is 0.250 e. The van der Waals surface area contributed by atoms with Crippen molar-refractivity contribution in [1.82, 2.24) is 14.2 Å². The van der Waals surface area contributed by atoms with Gasteiger partial charge < -0.3 is 0 Å². The van der Waals surface area contributed by atoms with E-state index in [1.807, 2.05) is 24.4 Å². The Bertz CT molecular complexity index is 643. The van der Waals surface area contributed by atoms with Crippen LogP contribution < -0.4 is 5.69 Å². The summed E-state index contributed by atoms with van der Waals surface area (Å²) >= 11 is 0. The van der Waals surface area contributed by atoms with Gasteiger partial charge in [-0.1, -0.05) is 32.8 Å². The SMILES string of the molecule is CC1CCC(C)CCC(n2nc3ccccn3c2=O)CC1. The van der Waals surface area contributed by atoms with Crippen LogP contribution >= 0.6 is 0 Å². The van der Waals surface area contributed by atoms with E-state index in [0.29, 0.717) is 0 Å². The molecule has 1 saturated carbocycles. The van der Waals surface area contributed by atoms with E-state index in [9.17, 15) is 4.79 Å². The lowest BCUT2D eigenvalue weighted by Gasteiger charge is -2.17. The Kier molecular flexibility index (Phi) is 4.13. The standard InChI is InChI=1S/C17H25N3O/c1-13-6-7-14(2)9-11-15(10-8-13)20-17(21)19-12-4-3-5-16(19)18-20/h3-5,12-15H,6-11H2,1-2H3. The van der Waals surface area contributed by atoms with Crippen LogP contribution in [0.15, 0.2) is 29.2 Å². The molecule has 2 aromatic heterocycles. The molecule has 0 N–H and O–H groups in total. The van der Waals surface area contributed by atoms with Gasteiger partial charge in [-0.3, -0.25) is 4.40 Å². The Morgan fingerprint density at radius 2 is 1.62 bits per heavy atom. The molecule has 114 valence electrons. The maximum Gasteiger partial charge on any atom is 0.350 e. The molecule has 2 heterocycles. The van der Waals surface area contributed by atoms with Crippen molar-refractivity contribution in [3.05, 3.63) is 34.9 Å². The quantitative estimate of drug-likeness (QED) is 0.803. The summed E-state index contributed by atoms with van der Waals surface area (Å²) < 4.78 is 3.39. The third kappa shape index (κ3) is 3.04.